The fraction of sp³-hybridized carbons (Fsp3) is 0.250. The maximum absolute atomic E-state index is 10.8. The molecule has 0 saturated heterocycles. The second-order valence-corrected chi connectivity index (χ2v) is 3.61. The van der Waals surface area contributed by atoms with E-state index >= 15 is 0 Å². The van der Waals surface area contributed by atoms with Crippen molar-refractivity contribution in [2.24, 2.45) is 0 Å². The summed E-state index contributed by atoms with van der Waals surface area (Å²) in [6, 6.07) is 6.41. The summed E-state index contributed by atoms with van der Waals surface area (Å²) >= 11 is 0. The number of nitro benzene ring substituents is 1. The lowest BCUT2D eigenvalue weighted by molar-refractivity contribution is -0.384. The van der Waals surface area contributed by atoms with Gasteiger partial charge in [0.05, 0.1) is 23.1 Å². The maximum Gasteiger partial charge on any atom is 0.275 e. The smallest absolute Gasteiger partial charge is 0.275 e. The summed E-state index contributed by atoms with van der Waals surface area (Å²) in [7, 11) is 1.57. The molecule has 18 heavy (non-hydrogen) atoms. The highest BCUT2D eigenvalue weighted by molar-refractivity contribution is 5.87. The van der Waals surface area contributed by atoms with Crippen molar-refractivity contribution >= 4 is 16.6 Å². The standard InChI is InChI=1S/C12H12N2O4/c1-17-5-6-18-12-8-9(14(15)16)7-11-10(12)3-2-4-13-11/h2-4,7-8H,5-6H2,1H3. The van der Waals surface area contributed by atoms with Gasteiger partial charge in [0, 0.05) is 24.8 Å². The number of rotatable bonds is 5. The van der Waals surface area contributed by atoms with Crippen molar-refractivity contribution < 1.29 is 14.4 Å². The lowest BCUT2D eigenvalue weighted by Gasteiger charge is -2.08. The molecule has 2 aromatic rings. The van der Waals surface area contributed by atoms with E-state index in [4.69, 9.17) is 9.47 Å². The molecular formula is C12H12N2O4. The Hall–Kier alpha value is -2.21. The van der Waals surface area contributed by atoms with E-state index in [9.17, 15) is 10.1 Å². The minimum Gasteiger partial charge on any atom is -0.490 e. The molecule has 0 N–H and O–H groups in total. The van der Waals surface area contributed by atoms with Crippen molar-refractivity contribution in [2.75, 3.05) is 20.3 Å². The number of methoxy groups -OCH3 is 1. The van der Waals surface area contributed by atoms with Crippen molar-refractivity contribution in [3.8, 4) is 5.75 Å². The summed E-state index contributed by atoms with van der Waals surface area (Å²) in [6.07, 6.45) is 1.59. The molecule has 0 aliphatic heterocycles. The number of benzene rings is 1. The van der Waals surface area contributed by atoms with E-state index in [1.165, 1.54) is 12.1 Å². The number of ether oxygens (including phenoxy) is 2. The summed E-state index contributed by atoms with van der Waals surface area (Å²) in [5.74, 6) is 0.448. The Balaban J connectivity index is 2.43. The van der Waals surface area contributed by atoms with Gasteiger partial charge in [0.1, 0.15) is 12.4 Å². The van der Waals surface area contributed by atoms with E-state index < -0.39 is 4.92 Å². The zero-order chi connectivity index (χ0) is 13.0. The third-order valence-corrected chi connectivity index (χ3v) is 2.42. The molecule has 1 heterocycles. The molecule has 0 aliphatic rings. The molecule has 1 aromatic carbocycles. The van der Waals surface area contributed by atoms with Crippen LogP contribution in [0.2, 0.25) is 0 Å². The van der Waals surface area contributed by atoms with Gasteiger partial charge in [0.25, 0.3) is 5.69 Å². The second-order valence-electron chi connectivity index (χ2n) is 3.61. The van der Waals surface area contributed by atoms with Crippen LogP contribution in [-0.4, -0.2) is 30.2 Å². The van der Waals surface area contributed by atoms with Crippen LogP contribution in [0.3, 0.4) is 0 Å². The minimum atomic E-state index is -0.461. The summed E-state index contributed by atoms with van der Waals surface area (Å²) in [6.45, 7) is 0.756. The number of fused-ring (bicyclic) bond motifs is 1. The van der Waals surface area contributed by atoms with Crippen LogP contribution in [0.15, 0.2) is 30.5 Å². The molecule has 0 unspecified atom stereocenters. The van der Waals surface area contributed by atoms with Crippen LogP contribution in [0, 0.1) is 10.1 Å². The fourth-order valence-electron chi connectivity index (χ4n) is 1.59. The molecular weight excluding hydrogens is 236 g/mol. The molecule has 0 fully saturated rings. The summed E-state index contributed by atoms with van der Waals surface area (Å²) in [4.78, 5) is 14.5. The molecule has 6 nitrogen and oxygen atoms in total. The Morgan fingerprint density at radius 1 is 1.39 bits per heavy atom. The van der Waals surface area contributed by atoms with Gasteiger partial charge >= 0.3 is 0 Å². The topological polar surface area (TPSA) is 74.5 Å². The predicted octanol–water partition coefficient (Wildman–Crippen LogP) is 2.17. The fourth-order valence-corrected chi connectivity index (χ4v) is 1.59. The van der Waals surface area contributed by atoms with Gasteiger partial charge in [-0.15, -0.1) is 0 Å². The van der Waals surface area contributed by atoms with Gasteiger partial charge in [-0.25, -0.2) is 0 Å². The normalized spacial score (nSPS) is 10.5. The number of nitro groups is 1. The van der Waals surface area contributed by atoms with Crippen LogP contribution in [0.5, 0.6) is 5.75 Å². The van der Waals surface area contributed by atoms with Gasteiger partial charge in [-0.05, 0) is 12.1 Å². The van der Waals surface area contributed by atoms with Crippen LogP contribution in [0.25, 0.3) is 10.9 Å². The highest BCUT2D eigenvalue weighted by Gasteiger charge is 2.12. The van der Waals surface area contributed by atoms with E-state index in [2.05, 4.69) is 4.98 Å². The van der Waals surface area contributed by atoms with Crippen molar-refractivity contribution in [1.29, 1.82) is 0 Å². The van der Waals surface area contributed by atoms with Gasteiger partial charge in [-0.2, -0.15) is 0 Å². The zero-order valence-electron chi connectivity index (χ0n) is 9.83. The van der Waals surface area contributed by atoms with E-state index in [0.29, 0.717) is 24.5 Å². The van der Waals surface area contributed by atoms with E-state index in [1.54, 1.807) is 19.4 Å². The first-order valence-corrected chi connectivity index (χ1v) is 5.37. The molecule has 0 amide bonds. The highest BCUT2D eigenvalue weighted by Crippen LogP contribution is 2.29. The number of non-ortho nitro benzene ring substituents is 1. The van der Waals surface area contributed by atoms with Gasteiger partial charge < -0.3 is 9.47 Å². The number of hydrogen-bond acceptors (Lipinski definition) is 5. The Labute approximate surface area is 103 Å². The molecule has 0 spiro atoms. The van der Waals surface area contributed by atoms with E-state index in [0.717, 1.165) is 5.39 Å². The quantitative estimate of drug-likeness (QED) is 0.460. The first-order chi connectivity index (χ1) is 8.72. The third kappa shape index (κ3) is 2.54. The summed E-state index contributed by atoms with van der Waals surface area (Å²) < 4.78 is 10.4. The molecule has 0 atom stereocenters. The lowest BCUT2D eigenvalue weighted by atomic mass is 10.2. The molecule has 0 radical (unpaired) electrons. The summed E-state index contributed by atoms with van der Waals surface area (Å²) in [5.41, 5.74) is 0.507. The average Bonchev–Trinajstić information content (AvgIpc) is 2.38. The van der Waals surface area contributed by atoms with E-state index in [-0.39, 0.29) is 5.69 Å². The maximum atomic E-state index is 10.8. The van der Waals surface area contributed by atoms with Gasteiger partial charge in [-0.1, -0.05) is 0 Å². The van der Waals surface area contributed by atoms with Crippen LogP contribution in [0.4, 0.5) is 5.69 Å². The lowest BCUT2D eigenvalue weighted by Crippen LogP contribution is -2.05. The molecule has 2 rings (SSSR count). The summed E-state index contributed by atoms with van der Waals surface area (Å²) in [5, 5.41) is 11.6. The second kappa shape index (κ2) is 5.42. The predicted molar refractivity (Wildman–Crippen MR) is 65.8 cm³/mol. The largest absolute Gasteiger partial charge is 0.490 e. The Kier molecular flexibility index (Phi) is 3.69. The number of hydrogen-bond donors (Lipinski definition) is 0. The Bertz CT molecular complexity index is 571. The van der Waals surface area contributed by atoms with Crippen molar-refractivity contribution in [2.45, 2.75) is 0 Å². The van der Waals surface area contributed by atoms with Gasteiger partial charge in [0.2, 0.25) is 0 Å². The Morgan fingerprint density at radius 2 is 2.22 bits per heavy atom. The SMILES string of the molecule is COCCOc1cc([N+](=O)[O-])cc2ncccc12. The van der Waals surface area contributed by atoms with Crippen LogP contribution < -0.4 is 4.74 Å². The molecule has 0 aliphatic carbocycles. The third-order valence-electron chi connectivity index (χ3n) is 2.42. The average molecular weight is 248 g/mol. The molecule has 0 bridgehead atoms. The van der Waals surface area contributed by atoms with Crippen LogP contribution >= 0.6 is 0 Å². The molecule has 1 aromatic heterocycles. The van der Waals surface area contributed by atoms with Crippen LogP contribution in [0.1, 0.15) is 0 Å². The molecule has 6 heteroatoms. The number of nitrogens with zero attached hydrogens (tertiary/aromatic N) is 2. The number of aromatic nitrogens is 1. The van der Waals surface area contributed by atoms with Crippen LogP contribution in [-0.2, 0) is 4.74 Å². The first kappa shape index (κ1) is 12.3. The van der Waals surface area contributed by atoms with Crippen molar-refractivity contribution in [3.05, 3.63) is 40.6 Å². The number of pyridine rings is 1. The Morgan fingerprint density at radius 3 is 2.94 bits per heavy atom. The first-order valence-electron chi connectivity index (χ1n) is 5.37. The monoisotopic (exact) mass is 248 g/mol. The molecule has 94 valence electrons. The zero-order valence-corrected chi connectivity index (χ0v) is 9.83. The minimum absolute atomic E-state index is 0.0337. The molecule has 0 saturated carbocycles. The van der Waals surface area contributed by atoms with Crippen molar-refractivity contribution in [1.82, 2.24) is 4.98 Å². The van der Waals surface area contributed by atoms with Crippen molar-refractivity contribution in [3.63, 3.8) is 0 Å². The van der Waals surface area contributed by atoms with Gasteiger partial charge in [-0.3, -0.25) is 15.1 Å². The van der Waals surface area contributed by atoms with Gasteiger partial charge in [0.15, 0.2) is 0 Å². The highest BCUT2D eigenvalue weighted by atomic mass is 16.6. The van der Waals surface area contributed by atoms with E-state index in [1.807, 2.05) is 6.07 Å².